The number of nitrogens with one attached hydrogen (secondary N) is 1. The lowest BCUT2D eigenvalue weighted by molar-refractivity contribution is -0.123. The van der Waals surface area contributed by atoms with Crippen molar-refractivity contribution in [3.8, 4) is 0 Å². The van der Waals surface area contributed by atoms with E-state index in [1.54, 1.807) is 13.0 Å². The zero-order chi connectivity index (χ0) is 17.3. The van der Waals surface area contributed by atoms with Crippen LogP contribution >= 0.6 is 11.6 Å². The Balaban J connectivity index is 1.76. The molecule has 1 aliphatic heterocycles. The first-order valence-electron chi connectivity index (χ1n) is 7.72. The smallest absolute Gasteiger partial charge is 0.260 e. The van der Waals surface area contributed by atoms with Gasteiger partial charge in [0.15, 0.2) is 0 Å². The fourth-order valence-electron chi connectivity index (χ4n) is 3.08. The molecule has 128 valence electrons. The molecule has 1 amide bonds. The molecular weight excluding hydrogens is 333 g/mol. The molecule has 24 heavy (non-hydrogen) atoms. The van der Waals surface area contributed by atoms with E-state index in [-0.39, 0.29) is 23.8 Å². The number of amides is 1. The average molecular weight is 352 g/mol. The van der Waals surface area contributed by atoms with Gasteiger partial charge in [-0.15, -0.1) is 0 Å². The number of rotatable bonds is 4. The van der Waals surface area contributed by atoms with Crippen molar-refractivity contribution >= 4 is 17.5 Å². The van der Waals surface area contributed by atoms with Crippen LogP contribution in [0.15, 0.2) is 30.9 Å². The molecule has 1 fully saturated rings. The van der Waals surface area contributed by atoms with Crippen molar-refractivity contribution in [2.24, 2.45) is 0 Å². The summed E-state index contributed by atoms with van der Waals surface area (Å²) in [5, 5.41) is 6.83. The van der Waals surface area contributed by atoms with E-state index in [1.165, 1.54) is 23.4 Å². The molecule has 3 unspecified atom stereocenters. The molecule has 0 saturated carbocycles. The van der Waals surface area contributed by atoms with Gasteiger partial charge in [0.1, 0.15) is 18.5 Å². The molecule has 2 heterocycles. The molecule has 3 rings (SSSR count). The van der Waals surface area contributed by atoms with Crippen LogP contribution in [0.25, 0.3) is 0 Å². The number of halogens is 2. The van der Waals surface area contributed by atoms with Crippen LogP contribution in [-0.2, 0) is 4.79 Å². The van der Waals surface area contributed by atoms with Crippen LogP contribution in [0.2, 0.25) is 0 Å². The molecule has 0 aliphatic carbocycles. The molecule has 1 aliphatic rings. The molecule has 6 nitrogen and oxygen atoms in total. The maximum atomic E-state index is 13.9. The Kier molecular flexibility index (Phi) is 4.82. The van der Waals surface area contributed by atoms with Gasteiger partial charge in [0.25, 0.3) is 5.91 Å². The fourth-order valence-corrected chi connectivity index (χ4v) is 3.25. The third kappa shape index (κ3) is 3.27. The number of aryl methyl sites for hydroxylation is 1. The highest BCUT2D eigenvalue weighted by atomic mass is 35.5. The number of aromatic nitrogens is 3. The van der Waals surface area contributed by atoms with Crippen LogP contribution in [0, 0.1) is 12.7 Å². The van der Waals surface area contributed by atoms with Crippen molar-refractivity contribution in [1.82, 2.24) is 25.0 Å². The molecule has 1 aromatic heterocycles. The fraction of sp³-hybridized carbons (Fsp3) is 0.438. The number of hydrogen-bond donors (Lipinski definition) is 1. The van der Waals surface area contributed by atoms with Crippen LogP contribution in [-0.4, -0.2) is 45.2 Å². The van der Waals surface area contributed by atoms with Crippen molar-refractivity contribution in [2.45, 2.75) is 30.9 Å². The maximum absolute atomic E-state index is 13.9. The van der Waals surface area contributed by atoms with Gasteiger partial charge in [0, 0.05) is 12.6 Å². The number of alkyl halides is 1. The number of hydrogen-bond acceptors (Lipinski definition) is 4. The largest absolute Gasteiger partial charge is 0.348 e. The summed E-state index contributed by atoms with van der Waals surface area (Å²) in [6, 6.07) is 4.96. The van der Waals surface area contributed by atoms with Gasteiger partial charge in [0.2, 0.25) is 5.50 Å². The van der Waals surface area contributed by atoms with Gasteiger partial charge in [-0.1, -0.05) is 23.7 Å². The quantitative estimate of drug-likeness (QED) is 0.856. The Bertz CT molecular complexity index is 723. The second kappa shape index (κ2) is 6.86. The summed E-state index contributed by atoms with van der Waals surface area (Å²) in [6.45, 7) is 2.54. The lowest BCUT2D eigenvalue weighted by atomic mass is 9.98. The molecule has 1 aromatic carbocycles. The number of likely N-dealkylation sites (N-methyl/N-ethyl adjacent to an activating group) is 1. The molecule has 1 saturated heterocycles. The van der Waals surface area contributed by atoms with Gasteiger partial charge in [0.05, 0.1) is 6.04 Å². The first-order chi connectivity index (χ1) is 11.5. The highest BCUT2D eigenvalue weighted by Crippen LogP contribution is 2.32. The minimum Gasteiger partial charge on any atom is -0.348 e. The van der Waals surface area contributed by atoms with Crippen molar-refractivity contribution < 1.29 is 9.18 Å². The molecule has 0 radical (unpaired) electrons. The van der Waals surface area contributed by atoms with E-state index in [0.717, 1.165) is 18.5 Å². The molecule has 0 bridgehead atoms. The predicted octanol–water partition coefficient (Wildman–Crippen LogP) is 2.02. The zero-order valence-corrected chi connectivity index (χ0v) is 14.2. The average Bonchev–Trinajstić information content (AvgIpc) is 3.20. The van der Waals surface area contributed by atoms with Gasteiger partial charge in [-0.3, -0.25) is 9.69 Å². The highest BCUT2D eigenvalue weighted by Gasteiger charge is 2.35. The first-order valence-corrected chi connectivity index (χ1v) is 8.16. The second-order valence-electron chi connectivity index (χ2n) is 6.05. The van der Waals surface area contributed by atoms with Crippen LogP contribution < -0.4 is 5.32 Å². The van der Waals surface area contributed by atoms with Crippen molar-refractivity contribution in [3.63, 3.8) is 0 Å². The molecule has 0 spiro atoms. The Hall–Kier alpha value is -1.99. The minimum atomic E-state index is -0.964. The van der Waals surface area contributed by atoms with Gasteiger partial charge in [-0.2, -0.15) is 5.10 Å². The van der Waals surface area contributed by atoms with Crippen molar-refractivity contribution in [3.05, 3.63) is 47.8 Å². The van der Waals surface area contributed by atoms with E-state index in [4.69, 9.17) is 11.6 Å². The van der Waals surface area contributed by atoms with E-state index in [9.17, 15) is 9.18 Å². The normalized spacial score (nSPS) is 22.5. The Morgan fingerprint density at radius 3 is 2.96 bits per heavy atom. The number of carbonyl (C=O) groups excluding carboxylic acids is 1. The van der Waals surface area contributed by atoms with E-state index in [2.05, 4.69) is 20.3 Å². The van der Waals surface area contributed by atoms with Gasteiger partial charge < -0.3 is 5.32 Å². The third-order valence-electron chi connectivity index (χ3n) is 4.40. The summed E-state index contributed by atoms with van der Waals surface area (Å²) >= 11 is 6.13. The lowest BCUT2D eigenvalue weighted by Crippen LogP contribution is -2.41. The Morgan fingerprint density at radius 2 is 2.29 bits per heavy atom. The predicted molar refractivity (Wildman–Crippen MR) is 88.0 cm³/mol. The third-order valence-corrected chi connectivity index (χ3v) is 4.80. The number of benzene rings is 1. The van der Waals surface area contributed by atoms with Gasteiger partial charge in [-0.05, 0) is 37.6 Å². The van der Waals surface area contributed by atoms with Gasteiger partial charge in [-0.25, -0.2) is 14.1 Å². The minimum absolute atomic E-state index is 0.0938. The lowest BCUT2D eigenvalue weighted by Gasteiger charge is -2.27. The van der Waals surface area contributed by atoms with E-state index in [0.29, 0.717) is 5.56 Å². The van der Waals surface area contributed by atoms with Crippen LogP contribution in [0.5, 0.6) is 0 Å². The molecular formula is C16H19ClFN5O. The monoisotopic (exact) mass is 351 g/mol. The molecule has 3 atom stereocenters. The summed E-state index contributed by atoms with van der Waals surface area (Å²) in [4.78, 5) is 18.3. The molecule has 8 heteroatoms. The van der Waals surface area contributed by atoms with Crippen molar-refractivity contribution in [2.75, 3.05) is 13.6 Å². The topological polar surface area (TPSA) is 63.1 Å². The SMILES string of the molecule is Cc1ccc(C2C(NC(=O)C(Cl)n3cncn3)CCN2C)cc1F. The summed E-state index contributed by atoms with van der Waals surface area (Å²) in [5.74, 6) is -0.587. The standard InChI is InChI=1S/C16H19ClFN5O/c1-10-3-4-11(7-12(10)18)14-13(5-6-22(14)2)21-16(24)15(17)23-9-19-8-20-23/h3-4,7-9,13-15H,5-6H2,1-2H3,(H,21,24). The summed E-state index contributed by atoms with van der Waals surface area (Å²) in [7, 11) is 1.96. The van der Waals surface area contributed by atoms with E-state index in [1.807, 2.05) is 13.1 Å². The first kappa shape index (κ1) is 16.9. The summed E-state index contributed by atoms with van der Waals surface area (Å²) in [5.41, 5.74) is 0.482. The number of nitrogens with zero attached hydrogens (tertiary/aromatic N) is 4. The number of likely N-dealkylation sites (tertiary alicyclic amines) is 1. The zero-order valence-electron chi connectivity index (χ0n) is 13.5. The second-order valence-corrected chi connectivity index (χ2v) is 6.46. The van der Waals surface area contributed by atoms with Crippen molar-refractivity contribution in [1.29, 1.82) is 0 Å². The van der Waals surface area contributed by atoms with Gasteiger partial charge >= 0.3 is 0 Å². The van der Waals surface area contributed by atoms with Crippen LogP contribution in [0.4, 0.5) is 4.39 Å². The molecule has 2 aromatic rings. The van der Waals surface area contributed by atoms with Crippen LogP contribution in [0.3, 0.4) is 0 Å². The Morgan fingerprint density at radius 1 is 1.50 bits per heavy atom. The van der Waals surface area contributed by atoms with E-state index >= 15 is 0 Å². The summed E-state index contributed by atoms with van der Waals surface area (Å²) < 4.78 is 15.2. The van der Waals surface area contributed by atoms with Crippen LogP contribution in [0.1, 0.15) is 29.1 Å². The summed E-state index contributed by atoms with van der Waals surface area (Å²) in [6.07, 6.45) is 3.48. The number of carbonyl (C=O) groups is 1. The Labute approximate surface area is 144 Å². The van der Waals surface area contributed by atoms with E-state index < -0.39 is 5.50 Å². The maximum Gasteiger partial charge on any atom is 0.260 e. The highest BCUT2D eigenvalue weighted by molar-refractivity contribution is 6.28. The molecule has 1 N–H and O–H groups in total.